The molecule has 1 aliphatic rings. The number of nitrogens with zero attached hydrogens (tertiary/aromatic N) is 4. The molecule has 5 rings (SSSR count). The van der Waals surface area contributed by atoms with Gasteiger partial charge in [0.2, 0.25) is 4.80 Å². The standard InChI is InChI=1S/C28H24F2N4OS/c1-18(2)14-15-33-24-11-7-6-10-21(24)26(27(33)35)32-34-25(19-8-4-3-5-9-19)17-36-28(34)31-23-13-12-20(29)16-22(23)30/h3-13,16-18H,14-15H2,1-2H3/b31-28?,32-26-. The van der Waals surface area contributed by atoms with Gasteiger partial charge >= 0.3 is 0 Å². The number of amides is 1. The molecule has 4 aromatic rings. The van der Waals surface area contributed by atoms with Crippen LogP contribution in [0.2, 0.25) is 0 Å². The predicted molar refractivity (Wildman–Crippen MR) is 140 cm³/mol. The molecule has 1 aromatic heterocycles. The normalized spacial score (nSPS) is 14.8. The topological polar surface area (TPSA) is 50.0 Å². The van der Waals surface area contributed by atoms with Crippen LogP contribution in [0.1, 0.15) is 25.8 Å². The lowest BCUT2D eigenvalue weighted by Crippen LogP contribution is -2.32. The van der Waals surface area contributed by atoms with Crippen molar-refractivity contribution in [2.24, 2.45) is 16.0 Å². The number of halogens is 2. The number of thiazole rings is 1. The molecule has 0 N–H and O–H groups in total. The lowest BCUT2D eigenvalue weighted by molar-refractivity contribution is -0.112. The van der Waals surface area contributed by atoms with Gasteiger partial charge in [0.05, 0.1) is 11.4 Å². The van der Waals surface area contributed by atoms with Gasteiger partial charge in [0.25, 0.3) is 5.91 Å². The van der Waals surface area contributed by atoms with E-state index >= 15 is 0 Å². The number of hydrogen-bond acceptors (Lipinski definition) is 4. The SMILES string of the molecule is CC(C)CCN1C(=O)/C(=N\n2c(-c3ccccc3)csc2=Nc2ccc(F)cc2F)c2ccccc21. The van der Waals surface area contributed by atoms with E-state index in [0.29, 0.717) is 28.7 Å². The van der Waals surface area contributed by atoms with Crippen molar-refractivity contribution in [3.63, 3.8) is 0 Å². The number of fused-ring (bicyclic) bond motifs is 1. The van der Waals surface area contributed by atoms with Crippen molar-refractivity contribution in [3.05, 3.63) is 100 Å². The van der Waals surface area contributed by atoms with Gasteiger partial charge in [-0.3, -0.25) is 4.79 Å². The highest BCUT2D eigenvalue weighted by molar-refractivity contribution is 7.07. The van der Waals surface area contributed by atoms with Gasteiger partial charge in [0.1, 0.15) is 11.5 Å². The fourth-order valence-corrected chi connectivity index (χ4v) is 4.87. The number of anilines is 1. The van der Waals surface area contributed by atoms with Gasteiger partial charge in [-0.15, -0.1) is 11.3 Å². The van der Waals surface area contributed by atoms with E-state index in [1.807, 2.05) is 60.0 Å². The maximum atomic E-state index is 14.4. The van der Waals surface area contributed by atoms with E-state index in [4.69, 9.17) is 5.10 Å². The molecule has 0 radical (unpaired) electrons. The fraction of sp³-hybridized carbons (Fsp3) is 0.179. The number of carbonyl (C=O) groups excluding carboxylic acids is 1. The minimum Gasteiger partial charge on any atom is -0.306 e. The summed E-state index contributed by atoms with van der Waals surface area (Å²) < 4.78 is 29.4. The molecular weight excluding hydrogens is 478 g/mol. The molecule has 3 aromatic carbocycles. The molecule has 0 saturated carbocycles. The van der Waals surface area contributed by atoms with Crippen molar-refractivity contribution < 1.29 is 13.6 Å². The van der Waals surface area contributed by atoms with Crippen LogP contribution in [0.15, 0.2) is 88.3 Å². The summed E-state index contributed by atoms with van der Waals surface area (Å²) in [6.45, 7) is 4.83. The average molecular weight is 503 g/mol. The summed E-state index contributed by atoms with van der Waals surface area (Å²) >= 11 is 1.26. The zero-order valence-corrected chi connectivity index (χ0v) is 20.7. The van der Waals surface area contributed by atoms with E-state index in [0.717, 1.165) is 35.4 Å². The van der Waals surface area contributed by atoms with Gasteiger partial charge in [0, 0.05) is 29.1 Å². The second-order valence-corrected chi connectivity index (χ2v) is 9.73. The molecule has 5 nitrogen and oxygen atoms in total. The van der Waals surface area contributed by atoms with Crippen LogP contribution < -0.4 is 9.70 Å². The highest BCUT2D eigenvalue weighted by Gasteiger charge is 2.34. The van der Waals surface area contributed by atoms with Crippen LogP contribution in [-0.4, -0.2) is 22.8 Å². The van der Waals surface area contributed by atoms with E-state index in [2.05, 4.69) is 18.8 Å². The number of aromatic nitrogens is 1. The first kappa shape index (κ1) is 23.8. The van der Waals surface area contributed by atoms with Gasteiger partial charge in [-0.2, -0.15) is 5.10 Å². The summed E-state index contributed by atoms with van der Waals surface area (Å²) in [5, 5.41) is 6.66. The molecule has 8 heteroatoms. The van der Waals surface area contributed by atoms with E-state index < -0.39 is 11.6 Å². The van der Waals surface area contributed by atoms with Gasteiger partial charge in [-0.1, -0.05) is 62.4 Å². The van der Waals surface area contributed by atoms with Crippen molar-refractivity contribution in [1.29, 1.82) is 0 Å². The average Bonchev–Trinajstić information content (AvgIpc) is 3.38. The molecule has 1 aliphatic heterocycles. The molecule has 0 atom stereocenters. The molecular formula is C28H24F2N4OS. The highest BCUT2D eigenvalue weighted by Crippen LogP contribution is 2.31. The zero-order chi connectivity index (χ0) is 25.2. The van der Waals surface area contributed by atoms with Gasteiger partial charge < -0.3 is 4.90 Å². The zero-order valence-electron chi connectivity index (χ0n) is 19.9. The van der Waals surface area contributed by atoms with Crippen molar-refractivity contribution in [1.82, 2.24) is 4.68 Å². The van der Waals surface area contributed by atoms with Crippen molar-refractivity contribution >= 4 is 34.3 Å². The largest absolute Gasteiger partial charge is 0.306 e. The van der Waals surface area contributed by atoms with Crippen molar-refractivity contribution in [2.45, 2.75) is 20.3 Å². The molecule has 36 heavy (non-hydrogen) atoms. The van der Waals surface area contributed by atoms with E-state index in [1.54, 1.807) is 9.58 Å². The quantitative estimate of drug-likeness (QED) is 0.302. The molecule has 1 amide bonds. The number of benzene rings is 3. The smallest absolute Gasteiger partial charge is 0.279 e. The Bertz CT molecular complexity index is 1520. The van der Waals surface area contributed by atoms with Crippen LogP contribution in [0.25, 0.3) is 11.3 Å². The minimum absolute atomic E-state index is 0.0106. The number of para-hydroxylation sites is 1. The number of rotatable bonds is 6. The maximum Gasteiger partial charge on any atom is 0.279 e. The van der Waals surface area contributed by atoms with Crippen LogP contribution in [-0.2, 0) is 4.79 Å². The summed E-state index contributed by atoms with van der Waals surface area (Å²) in [6.07, 6.45) is 0.860. The Balaban J connectivity index is 1.69. The third kappa shape index (κ3) is 4.64. The van der Waals surface area contributed by atoms with E-state index in [-0.39, 0.29) is 11.6 Å². The van der Waals surface area contributed by atoms with Gasteiger partial charge in [0.15, 0.2) is 11.5 Å². The van der Waals surface area contributed by atoms with Gasteiger partial charge in [-0.25, -0.2) is 18.4 Å². The Morgan fingerprint density at radius 1 is 0.972 bits per heavy atom. The third-order valence-electron chi connectivity index (χ3n) is 5.91. The molecule has 0 spiro atoms. The Labute approximate surface area is 211 Å². The van der Waals surface area contributed by atoms with Crippen molar-refractivity contribution in [3.8, 4) is 11.3 Å². The Kier molecular flexibility index (Phi) is 6.61. The summed E-state index contributed by atoms with van der Waals surface area (Å²) in [4.78, 5) is 20.1. The van der Waals surface area contributed by atoms with Crippen LogP contribution in [0.5, 0.6) is 0 Å². The van der Waals surface area contributed by atoms with Crippen LogP contribution in [0, 0.1) is 17.6 Å². The molecule has 182 valence electrons. The third-order valence-corrected chi connectivity index (χ3v) is 6.72. The highest BCUT2D eigenvalue weighted by atomic mass is 32.1. The second kappa shape index (κ2) is 9.99. The van der Waals surface area contributed by atoms with E-state index in [1.165, 1.54) is 17.4 Å². The predicted octanol–water partition coefficient (Wildman–Crippen LogP) is 6.37. The first-order valence-electron chi connectivity index (χ1n) is 11.7. The Morgan fingerprint density at radius 2 is 1.72 bits per heavy atom. The summed E-state index contributed by atoms with van der Waals surface area (Å²) in [7, 11) is 0. The fourth-order valence-electron chi connectivity index (χ4n) is 4.02. The monoisotopic (exact) mass is 502 g/mol. The summed E-state index contributed by atoms with van der Waals surface area (Å²) in [5.74, 6) is -1.19. The molecule has 0 aliphatic carbocycles. The van der Waals surface area contributed by atoms with E-state index in [9.17, 15) is 13.6 Å². The number of carbonyl (C=O) groups is 1. The molecule has 0 bridgehead atoms. The molecule has 0 unspecified atom stereocenters. The Morgan fingerprint density at radius 3 is 2.47 bits per heavy atom. The van der Waals surface area contributed by atoms with Crippen LogP contribution in [0.4, 0.5) is 20.2 Å². The lowest BCUT2D eigenvalue weighted by atomic mass is 10.1. The van der Waals surface area contributed by atoms with Crippen LogP contribution >= 0.6 is 11.3 Å². The molecule has 0 fully saturated rings. The molecule has 2 heterocycles. The Hall–Kier alpha value is -3.91. The minimum atomic E-state index is -0.772. The lowest BCUT2D eigenvalue weighted by Gasteiger charge is -2.17. The van der Waals surface area contributed by atoms with Crippen LogP contribution in [0.3, 0.4) is 0 Å². The second-order valence-electron chi connectivity index (χ2n) is 8.89. The first-order chi connectivity index (χ1) is 17.4. The number of hydrogen-bond donors (Lipinski definition) is 0. The summed E-state index contributed by atoms with van der Waals surface area (Å²) in [5.41, 5.74) is 3.43. The maximum absolute atomic E-state index is 14.4. The molecule has 0 saturated heterocycles. The van der Waals surface area contributed by atoms with Crippen molar-refractivity contribution in [2.75, 3.05) is 11.4 Å². The van der Waals surface area contributed by atoms with Gasteiger partial charge in [-0.05, 0) is 30.5 Å². The summed E-state index contributed by atoms with van der Waals surface area (Å²) in [6, 6.07) is 20.4. The first-order valence-corrected chi connectivity index (χ1v) is 12.6.